The molecule has 1 aromatic rings. The van der Waals surface area contributed by atoms with E-state index in [1.54, 1.807) is 39.8 Å². The van der Waals surface area contributed by atoms with Crippen LogP contribution in [0.25, 0.3) is 0 Å². The van der Waals surface area contributed by atoms with Crippen LogP contribution in [0.4, 0.5) is 4.79 Å². The molecule has 0 aromatic heterocycles. The Labute approximate surface area is 170 Å². The summed E-state index contributed by atoms with van der Waals surface area (Å²) in [6, 6.07) is 5.31. The molecule has 10 heteroatoms. The van der Waals surface area contributed by atoms with Crippen LogP contribution < -0.4 is 5.32 Å². The smallest absolute Gasteiger partial charge is 0.408 e. The predicted octanol–water partition coefficient (Wildman–Crippen LogP) is 2.09. The Balaban J connectivity index is 1.94. The second-order valence-corrected chi connectivity index (χ2v) is 9.93. The molecule has 1 aliphatic rings. The van der Waals surface area contributed by atoms with E-state index in [2.05, 4.69) is 5.32 Å². The van der Waals surface area contributed by atoms with Crippen LogP contribution in [-0.2, 0) is 19.6 Å². The molecule has 2 amide bonds. The fraction of sp³-hybridized carbons (Fsp3) is 0.556. The Morgan fingerprint density at radius 2 is 1.79 bits per heavy atom. The van der Waals surface area contributed by atoms with Crippen molar-refractivity contribution in [1.29, 1.82) is 0 Å². The minimum absolute atomic E-state index is 0.125. The fourth-order valence-corrected chi connectivity index (χ4v) is 4.47. The van der Waals surface area contributed by atoms with Gasteiger partial charge in [-0.05, 0) is 45.9 Å². The van der Waals surface area contributed by atoms with Crippen LogP contribution in [0.3, 0.4) is 0 Å². The summed E-state index contributed by atoms with van der Waals surface area (Å²) < 4.78 is 31.9. The first kappa shape index (κ1) is 22.4. The van der Waals surface area contributed by atoms with Crippen molar-refractivity contribution < 1.29 is 22.7 Å². The number of nitrogens with one attached hydrogen (secondary N) is 1. The number of alkyl carbamates (subject to hydrolysis) is 1. The summed E-state index contributed by atoms with van der Waals surface area (Å²) in [7, 11) is -3.67. The van der Waals surface area contributed by atoms with Gasteiger partial charge in [0.25, 0.3) is 0 Å². The number of nitrogens with zero attached hydrogens (tertiary/aromatic N) is 2. The van der Waals surface area contributed by atoms with E-state index in [4.69, 9.17) is 16.3 Å². The number of amides is 2. The molecule has 28 heavy (non-hydrogen) atoms. The van der Waals surface area contributed by atoms with E-state index in [1.165, 1.54) is 21.3 Å². The van der Waals surface area contributed by atoms with Crippen LogP contribution in [0, 0.1) is 0 Å². The SMILES string of the molecule is CC(NC(=O)OC(C)(C)C)C(=O)N1CCN(S(=O)(=O)c2cccc(Cl)c2)CC1. The molecule has 0 bridgehead atoms. The van der Waals surface area contributed by atoms with Crippen molar-refractivity contribution >= 4 is 33.6 Å². The van der Waals surface area contributed by atoms with Gasteiger partial charge in [0.1, 0.15) is 11.6 Å². The number of hydrogen-bond donors (Lipinski definition) is 1. The lowest BCUT2D eigenvalue weighted by Crippen LogP contribution is -2.55. The Bertz CT molecular complexity index is 830. The van der Waals surface area contributed by atoms with Gasteiger partial charge >= 0.3 is 6.09 Å². The Kier molecular flexibility index (Phi) is 6.95. The molecule has 1 saturated heterocycles. The molecule has 0 spiro atoms. The maximum absolute atomic E-state index is 12.7. The number of ether oxygens (including phenoxy) is 1. The number of halogens is 1. The number of hydrogen-bond acceptors (Lipinski definition) is 5. The molecule has 1 N–H and O–H groups in total. The lowest BCUT2D eigenvalue weighted by atomic mass is 10.2. The molecular formula is C18H26ClN3O5S. The van der Waals surface area contributed by atoms with E-state index >= 15 is 0 Å². The van der Waals surface area contributed by atoms with E-state index in [-0.39, 0.29) is 37.0 Å². The quantitative estimate of drug-likeness (QED) is 0.787. The molecule has 0 saturated carbocycles. The monoisotopic (exact) mass is 431 g/mol. The minimum atomic E-state index is -3.67. The van der Waals surface area contributed by atoms with Gasteiger partial charge in [0.15, 0.2) is 0 Å². The third kappa shape index (κ3) is 5.83. The van der Waals surface area contributed by atoms with Crippen molar-refractivity contribution in [2.45, 2.75) is 44.2 Å². The highest BCUT2D eigenvalue weighted by Crippen LogP contribution is 2.21. The number of carbonyl (C=O) groups excluding carboxylic acids is 2. The fourth-order valence-electron chi connectivity index (χ4n) is 2.75. The zero-order chi connectivity index (χ0) is 21.1. The van der Waals surface area contributed by atoms with Crippen LogP contribution in [0.1, 0.15) is 27.7 Å². The average molecular weight is 432 g/mol. The predicted molar refractivity (Wildman–Crippen MR) is 106 cm³/mol. The number of benzene rings is 1. The van der Waals surface area contributed by atoms with Crippen molar-refractivity contribution in [2.24, 2.45) is 0 Å². The summed E-state index contributed by atoms with van der Waals surface area (Å²) in [5.41, 5.74) is -0.660. The summed E-state index contributed by atoms with van der Waals surface area (Å²) in [5, 5.41) is 2.85. The second kappa shape index (κ2) is 8.67. The number of piperazine rings is 1. The third-order valence-electron chi connectivity index (χ3n) is 4.09. The molecule has 1 unspecified atom stereocenters. The zero-order valence-corrected chi connectivity index (χ0v) is 18.0. The van der Waals surface area contributed by atoms with Crippen LogP contribution in [0.5, 0.6) is 0 Å². The van der Waals surface area contributed by atoms with Gasteiger partial charge in [-0.1, -0.05) is 17.7 Å². The highest BCUT2D eigenvalue weighted by atomic mass is 35.5. The minimum Gasteiger partial charge on any atom is -0.444 e. The van der Waals surface area contributed by atoms with E-state index in [0.29, 0.717) is 5.02 Å². The van der Waals surface area contributed by atoms with Crippen molar-refractivity contribution in [3.8, 4) is 0 Å². The topological polar surface area (TPSA) is 96.0 Å². The van der Waals surface area contributed by atoms with Crippen LogP contribution in [0.2, 0.25) is 5.02 Å². The number of sulfonamides is 1. The van der Waals surface area contributed by atoms with Gasteiger partial charge in [-0.2, -0.15) is 4.31 Å². The Morgan fingerprint density at radius 1 is 1.18 bits per heavy atom. The molecule has 0 aliphatic carbocycles. The number of carbonyl (C=O) groups is 2. The van der Waals surface area contributed by atoms with Crippen LogP contribution in [-0.4, -0.2) is 67.4 Å². The zero-order valence-electron chi connectivity index (χ0n) is 16.4. The first-order chi connectivity index (χ1) is 12.9. The van der Waals surface area contributed by atoms with Crippen molar-refractivity contribution in [2.75, 3.05) is 26.2 Å². The Hall–Kier alpha value is -1.84. The second-order valence-electron chi connectivity index (χ2n) is 7.55. The summed E-state index contributed by atoms with van der Waals surface area (Å²) in [4.78, 5) is 26.0. The molecule has 2 rings (SSSR count). The summed E-state index contributed by atoms with van der Waals surface area (Å²) in [6.45, 7) is 7.58. The van der Waals surface area contributed by atoms with Gasteiger partial charge in [-0.3, -0.25) is 4.79 Å². The molecule has 1 heterocycles. The van der Waals surface area contributed by atoms with Gasteiger partial charge in [0.05, 0.1) is 4.90 Å². The van der Waals surface area contributed by atoms with Crippen LogP contribution in [0.15, 0.2) is 29.2 Å². The number of rotatable bonds is 4. The third-order valence-corrected chi connectivity index (χ3v) is 6.22. The average Bonchev–Trinajstić information content (AvgIpc) is 2.59. The first-order valence-electron chi connectivity index (χ1n) is 8.94. The van der Waals surface area contributed by atoms with E-state index in [1.807, 2.05) is 0 Å². The maximum Gasteiger partial charge on any atom is 0.408 e. The highest BCUT2D eigenvalue weighted by Gasteiger charge is 2.32. The Morgan fingerprint density at radius 3 is 2.32 bits per heavy atom. The standard InChI is InChI=1S/C18H26ClN3O5S/c1-13(20-17(24)27-18(2,3)4)16(23)21-8-10-22(11-9-21)28(25,26)15-7-5-6-14(19)12-15/h5-7,12-13H,8-11H2,1-4H3,(H,20,24). The van der Waals surface area contributed by atoms with Crippen molar-refractivity contribution in [3.05, 3.63) is 29.3 Å². The lowest BCUT2D eigenvalue weighted by molar-refractivity contribution is -0.134. The maximum atomic E-state index is 12.7. The molecule has 156 valence electrons. The molecular weight excluding hydrogens is 406 g/mol. The van der Waals surface area contributed by atoms with Crippen molar-refractivity contribution in [1.82, 2.24) is 14.5 Å². The first-order valence-corrected chi connectivity index (χ1v) is 10.8. The highest BCUT2D eigenvalue weighted by molar-refractivity contribution is 7.89. The summed E-state index contributed by atoms with van der Waals surface area (Å²) in [6.07, 6.45) is -0.671. The summed E-state index contributed by atoms with van der Waals surface area (Å²) >= 11 is 5.89. The molecule has 8 nitrogen and oxygen atoms in total. The van der Waals surface area contributed by atoms with E-state index in [9.17, 15) is 18.0 Å². The van der Waals surface area contributed by atoms with Crippen LogP contribution >= 0.6 is 11.6 Å². The molecule has 1 fully saturated rings. The molecule has 1 aliphatic heterocycles. The molecule has 0 radical (unpaired) electrons. The largest absolute Gasteiger partial charge is 0.444 e. The van der Waals surface area contributed by atoms with E-state index in [0.717, 1.165) is 0 Å². The van der Waals surface area contributed by atoms with Gasteiger partial charge in [0, 0.05) is 31.2 Å². The van der Waals surface area contributed by atoms with E-state index < -0.39 is 27.8 Å². The normalized spacial score (nSPS) is 17.1. The van der Waals surface area contributed by atoms with Crippen molar-refractivity contribution in [3.63, 3.8) is 0 Å². The lowest BCUT2D eigenvalue weighted by Gasteiger charge is -2.35. The molecule has 1 atom stereocenters. The van der Waals surface area contributed by atoms with Gasteiger partial charge < -0.3 is 15.0 Å². The van der Waals surface area contributed by atoms with Gasteiger partial charge in [-0.15, -0.1) is 0 Å². The van der Waals surface area contributed by atoms with Gasteiger partial charge in [-0.25, -0.2) is 13.2 Å². The van der Waals surface area contributed by atoms with Gasteiger partial charge in [0.2, 0.25) is 15.9 Å². The summed E-state index contributed by atoms with van der Waals surface area (Å²) in [5.74, 6) is -0.286. The molecule has 1 aromatic carbocycles.